The molecule has 0 fully saturated rings. The normalized spacial score (nSPS) is 10.4. The number of methoxy groups -OCH3 is 1. The predicted octanol–water partition coefficient (Wildman–Crippen LogP) is 3.26. The van der Waals surface area contributed by atoms with Crippen molar-refractivity contribution in [2.45, 2.75) is 6.42 Å². The van der Waals surface area contributed by atoms with Crippen LogP contribution >= 0.6 is 15.9 Å². The lowest BCUT2D eigenvalue weighted by Crippen LogP contribution is -2.01. The molecule has 0 bridgehead atoms. The smallest absolute Gasteiger partial charge is 0.251 e. The molecule has 2 aromatic heterocycles. The molecule has 0 unspecified atom stereocenters. The van der Waals surface area contributed by atoms with Crippen LogP contribution in [0, 0.1) is 11.3 Å². The molecule has 0 radical (unpaired) electrons. The van der Waals surface area contributed by atoms with E-state index in [-0.39, 0.29) is 11.6 Å². The Morgan fingerprint density at radius 2 is 2.09 bits per heavy atom. The summed E-state index contributed by atoms with van der Waals surface area (Å²) in [5.41, 5.74) is 1.77. The van der Waals surface area contributed by atoms with Gasteiger partial charge in [-0.25, -0.2) is 9.97 Å². The van der Waals surface area contributed by atoms with Crippen LogP contribution in [0.4, 0.5) is 0 Å². The van der Waals surface area contributed by atoms with E-state index in [1.54, 1.807) is 6.20 Å². The number of hydrogen-bond acceptors (Lipinski definition) is 5. The van der Waals surface area contributed by atoms with Crippen LogP contribution in [0.5, 0.6) is 5.88 Å². The van der Waals surface area contributed by atoms with Crippen molar-refractivity contribution in [3.63, 3.8) is 0 Å². The van der Waals surface area contributed by atoms with Gasteiger partial charge in [0.1, 0.15) is 6.07 Å². The number of nitriles is 1. The maximum Gasteiger partial charge on any atom is 0.251 e. The van der Waals surface area contributed by atoms with Crippen LogP contribution in [0.15, 0.2) is 41.1 Å². The lowest BCUT2D eigenvalue weighted by atomic mass is 10.1. The Labute approximate surface area is 135 Å². The number of ether oxygens (including phenoxy) is 1. The molecule has 0 amide bonds. The summed E-state index contributed by atoms with van der Waals surface area (Å²) in [6.45, 7) is 0. The molecular weight excluding hydrogens is 344 g/mol. The molecule has 0 aliphatic rings. The van der Waals surface area contributed by atoms with Crippen molar-refractivity contribution >= 4 is 26.7 Å². The zero-order chi connectivity index (χ0) is 15.5. The molecule has 0 saturated heterocycles. The maximum absolute atomic E-state index is 8.93. The summed E-state index contributed by atoms with van der Waals surface area (Å²) in [5, 5.41) is 11.1. The second-order valence-electron chi connectivity index (χ2n) is 4.64. The topological polar surface area (TPSA) is 71.7 Å². The number of nitrogens with zero attached hydrogens (tertiary/aromatic N) is 4. The fraction of sp³-hybridized carbons (Fsp3) is 0.125. The zero-order valence-electron chi connectivity index (χ0n) is 11.7. The van der Waals surface area contributed by atoms with E-state index in [2.05, 4.69) is 30.9 Å². The van der Waals surface area contributed by atoms with E-state index in [9.17, 15) is 0 Å². The second-order valence-corrected chi connectivity index (χ2v) is 5.50. The number of benzene rings is 1. The van der Waals surface area contributed by atoms with Gasteiger partial charge in [0, 0.05) is 28.2 Å². The minimum atomic E-state index is 0.182. The van der Waals surface area contributed by atoms with Crippen LogP contribution in [0.1, 0.15) is 17.1 Å². The molecule has 5 nitrogen and oxygen atoms in total. The molecule has 3 aromatic rings. The van der Waals surface area contributed by atoms with Crippen molar-refractivity contribution in [1.82, 2.24) is 15.0 Å². The second kappa shape index (κ2) is 6.08. The van der Waals surface area contributed by atoms with Gasteiger partial charge in [0.25, 0.3) is 5.88 Å². The van der Waals surface area contributed by atoms with Crippen LogP contribution in [-0.2, 0) is 6.42 Å². The summed E-state index contributed by atoms with van der Waals surface area (Å²) in [7, 11) is 1.47. The molecule has 108 valence electrons. The van der Waals surface area contributed by atoms with Gasteiger partial charge in [0.15, 0.2) is 0 Å². The molecule has 0 aliphatic heterocycles. The first-order valence-electron chi connectivity index (χ1n) is 6.54. The first-order valence-corrected chi connectivity index (χ1v) is 7.33. The van der Waals surface area contributed by atoms with Crippen molar-refractivity contribution in [3.05, 3.63) is 58.2 Å². The fourth-order valence-corrected chi connectivity index (χ4v) is 2.66. The van der Waals surface area contributed by atoms with Gasteiger partial charge >= 0.3 is 0 Å². The average molecular weight is 355 g/mol. The average Bonchev–Trinajstić information content (AvgIpc) is 2.55. The first kappa shape index (κ1) is 14.4. The van der Waals surface area contributed by atoms with E-state index in [0.29, 0.717) is 12.1 Å². The molecule has 0 aliphatic carbocycles. The summed E-state index contributed by atoms with van der Waals surface area (Å²) in [5.74, 6) is 0.239. The summed E-state index contributed by atoms with van der Waals surface area (Å²) in [4.78, 5) is 12.8. The Bertz CT molecular complexity index is 889. The van der Waals surface area contributed by atoms with Crippen molar-refractivity contribution in [1.29, 1.82) is 5.26 Å². The summed E-state index contributed by atoms with van der Waals surface area (Å²) in [6, 6.07) is 9.98. The van der Waals surface area contributed by atoms with Crippen LogP contribution < -0.4 is 4.74 Å². The Morgan fingerprint density at radius 3 is 2.86 bits per heavy atom. The number of aromatic nitrogens is 3. The molecule has 6 heteroatoms. The lowest BCUT2D eigenvalue weighted by molar-refractivity contribution is 0.392. The lowest BCUT2D eigenvalue weighted by Gasteiger charge is -2.06. The molecule has 1 aromatic carbocycles. The quantitative estimate of drug-likeness (QED) is 0.721. The summed E-state index contributed by atoms with van der Waals surface area (Å²) in [6.07, 6.45) is 3.94. The van der Waals surface area contributed by atoms with Crippen LogP contribution in [-0.4, -0.2) is 22.1 Å². The fourth-order valence-electron chi connectivity index (χ4n) is 2.17. The van der Waals surface area contributed by atoms with Gasteiger partial charge < -0.3 is 4.74 Å². The molecule has 0 atom stereocenters. The maximum atomic E-state index is 8.93. The van der Waals surface area contributed by atoms with Gasteiger partial charge in [-0.2, -0.15) is 5.26 Å². The number of hydrogen-bond donors (Lipinski definition) is 0. The highest BCUT2D eigenvalue weighted by Crippen LogP contribution is 2.24. The van der Waals surface area contributed by atoms with Crippen molar-refractivity contribution in [2.75, 3.05) is 7.11 Å². The molecule has 3 rings (SSSR count). The largest absolute Gasteiger partial charge is 0.479 e. The molecule has 0 spiro atoms. The highest BCUT2D eigenvalue weighted by molar-refractivity contribution is 9.10. The highest BCUT2D eigenvalue weighted by Gasteiger charge is 2.09. The third-order valence-electron chi connectivity index (χ3n) is 3.22. The van der Waals surface area contributed by atoms with E-state index >= 15 is 0 Å². The van der Waals surface area contributed by atoms with Crippen molar-refractivity contribution in [3.8, 4) is 11.9 Å². The monoisotopic (exact) mass is 354 g/mol. The van der Waals surface area contributed by atoms with Crippen LogP contribution in [0.25, 0.3) is 10.8 Å². The number of pyridine rings is 1. The van der Waals surface area contributed by atoms with Gasteiger partial charge in [-0.05, 0) is 17.5 Å². The van der Waals surface area contributed by atoms with Crippen molar-refractivity contribution < 1.29 is 4.74 Å². The molecule has 2 heterocycles. The molecule has 0 saturated carbocycles. The Hall–Kier alpha value is -2.52. The molecular formula is C16H11BrN4O. The van der Waals surface area contributed by atoms with E-state index in [1.165, 1.54) is 7.11 Å². The van der Waals surface area contributed by atoms with Gasteiger partial charge in [0.05, 0.1) is 19.0 Å². The first-order chi connectivity index (χ1) is 10.7. The summed E-state index contributed by atoms with van der Waals surface area (Å²) < 4.78 is 6.10. The van der Waals surface area contributed by atoms with Gasteiger partial charge in [-0.1, -0.05) is 28.1 Å². The third kappa shape index (κ3) is 2.76. The van der Waals surface area contributed by atoms with Crippen LogP contribution in [0.3, 0.4) is 0 Å². The van der Waals surface area contributed by atoms with E-state index in [1.807, 2.05) is 36.5 Å². The number of halogens is 1. The summed E-state index contributed by atoms with van der Waals surface area (Å²) >= 11 is 3.51. The van der Waals surface area contributed by atoms with Gasteiger partial charge in [-0.3, -0.25) is 4.98 Å². The third-order valence-corrected chi connectivity index (χ3v) is 3.91. The Morgan fingerprint density at radius 1 is 1.23 bits per heavy atom. The van der Waals surface area contributed by atoms with E-state index < -0.39 is 0 Å². The number of fused-ring (bicyclic) bond motifs is 1. The van der Waals surface area contributed by atoms with Crippen LogP contribution in [0.2, 0.25) is 0 Å². The highest BCUT2D eigenvalue weighted by atomic mass is 79.9. The number of rotatable bonds is 3. The minimum Gasteiger partial charge on any atom is -0.479 e. The minimum absolute atomic E-state index is 0.182. The van der Waals surface area contributed by atoms with E-state index in [0.717, 1.165) is 20.9 Å². The zero-order valence-corrected chi connectivity index (χ0v) is 13.3. The van der Waals surface area contributed by atoms with E-state index in [4.69, 9.17) is 10.00 Å². The predicted molar refractivity (Wildman–Crippen MR) is 85.5 cm³/mol. The van der Waals surface area contributed by atoms with Gasteiger partial charge in [-0.15, -0.1) is 0 Å². The standard InChI is InChI=1S/C16H11BrN4O/c1-22-16-15(7-18)20-8-12(21-16)6-11-5-10-3-2-4-14(17)13(10)9-19-11/h2-5,8-9H,6H2,1H3. The Balaban J connectivity index is 1.95. The molecule has 0 N–H and O–H groups in total. The molecule has 22 heavy (non-hydrogen) atoms. The van der Waals surface area contributed by atoms with Crippen molar-refractivity contribution in [2.24, 2.45) is 0 Å². The van der Waals surface area contributed by atoms with Gasteiger partial charge in [0.2, 0.25) is 5.69 Å². The SMILES string of the molecule is COc1nc(Cc2cc3cccc(Br)c3cn2)cnc1C#N. The Kier molecular flexibility index (Phi) is 3.98.